The molecule has 0 saturated carbocycles. The van der Waals surface area contributed by atoms with E-state index in [2.05, 4.69) is 31.4 Å². The Morgan fingerprint density at radius 1 is 1.36 bits per heavy atom. The van der Waals surface area contributed by atoms with Crippen molar-refractivity contribution in [3.05, 3.63) is 47.2 Å². The lowest BCUT2D eigenvalue weighted by atomic mass is 9.86. The molecule has 4 nitrogen and oxygen atoms in total. The number of carbonyl (C=O) groups is 1. The molecule has 0 aromatic heterocycles. The average molecular weight is 302 g/mol. The summed E-state index contributed by atoms with van der Waals surface area (Å²) >= 11 is 0. The first-order valence-corrected chi connectivity index (χ1v) is 7.67. The Morgan fingerprint density at radius 3 is 2.59 bits per heavy atom. The first-order valence-electron chi connectivity index (χ1n) is 7.67. The topological polar surface area (TPSA) is 61.4 Å². The highest BCUT2D eigenvalue weighted by molar-refractivity contribution is 5.94. The Labute approximate surface area is 132 Å². The van der Waals surface area contributed by atoms with Crippen molar-refractivity contribution in [2.24, 2.45) is 0 Å². The van der Waals surface area contributed by atoms with Gasteiger partial charge in [0.2, 0.25) is 0 Å². The summed E-state index contributed by atoms with van der Waals surface area (Å²) in [5.74, 6) is 0.166. The van der Waals surface area contributed by atoms with E-state index in [1.54, 1.807) is 6.08 Å². The van der Waals surface area contributed by atoms with Crippen molar-refractivity contribution in [3.63, 3.8) is 0 Å². The lowest BCUT2D eigenvalue weighted by Gasteiger charge is -2.21. The van der Waals surface area contributed by atoms with E-state index in [9.17, 15) is 9.90 Å². The Hall–Kier alpha value is -1.81. The molecule has 2 rings (SSSR count). The van der Waals surface area contributed by atoms with E-state index in [1.807, 2.05) is 38.1 Å². The molecule has 1 atom stereocenters. The van der Waals surface area contributed by atoms with Crippen LogP contribution in [0.3, 0.4) is 0 Å². The van der Waals surface area contributed by atoms with E-state index in [1.165, 1.54) is 0 Å². The molecule has 4 heteroatoms. The van der Waals surface area contributed by atoms with Crippen LogP contribution in [0.1, 0.15) is 50.5 Å². The van der Waals surface area contributed by atoms with Crippen molar-refractivity contribution in [2.75, 3.05) is 6.54 Å². The lowest BCUT2D eigenvalue weighted by Crippen LogP contribution is -2.45. The second-order valence-corrected chi connectivity index (χ2v) is 7.53. The fourth-order valence-electron chi connectivity index (χ4n) is 2.61. The van der Waals surface area contributed by atoms with Crippen LogP contribution in [0.2, 0.25) is 0 Å². The molecule has 0 saturated heterocycles. The fourth-order valence-corrected chi connectivity index (χ4v) is 2.61. The smallest absolute Gasteiger partial charge is 0.251 e. The van der Waals surface area contributed by atoms with Crippen molar-refractivity contribution in [3.8, 4) is 0 Å². The van der Waals surface area contributed by atoms with Crippen LogP contribution in [-0.2, 0) is 5.41 Å². The van der Waals surface area contributed by atoms with Gasteiger partial charge in [0.1, 0.15) is 5.76 Å². The van der Waals surface area contributed by atoms with Gasteiger partial charge in [-0.3, -0.25) is 10.1 Å². The zero-order valence-corrected chi connectivity index (χ0v) is 14.0. The van der Waals surface area contributed by atoms with E-state index in [0.29, 0.717) is 12.1 Å². The standard InChI is InChI=1S/C18H26N2O2/c1-17(2,3)13-8-6-7-12(9-13)16(22)19-11-14-15(21)10-18(4,5)20-14/h6-10,14,20-21H,11H2,1-5H3,(H,19,22)/t14-/m1/s1. The summed E-state index contributed by atoms with van der Waals surface area (Å²) in [6, 6.07) is 7.45. The highest BCUT2D eigenvalue weighted by Crippen LogP contribution is 2.23. The zero-order valence-electron chi connectivity index (χ0n) is 14.0. The van der Waals surface area contributed by atoms with Gasteiger partial charge in [-0.05, 0) is 43.0 Å². The Balaban J connectivity index is 2.01. The Morgan fingerprint density at radius 2 is 2.05 bits per heavy atom. The minimum Gasteiger partial charge on any atom is -0.511 e. The lowest BCUT2D eigenvalue weighted by molar-refractivity contribution is 0.0949. The van der Waals surface area contributed by atoms with Crippen molar-refractivity contribution in [2.45, 2.75) is 51.6 Å². The van der Waals surface area contributed by atoms with E-state index in [-0.39, 0.29) is 28.7 Å². The molecule has 1 amide bonds. The van der Waals surface area contributed by atoms with Crippen LogP contribution >= 0.6 is 0 Å². The third-order valence-electron chi connectivity index (χ3n) is 3.87. The van der Waals surface area contributed by atoms with Gasteiger partial charge in [0.05, 0.1) is 6.04 Å². The van der Waals surface area contributed by atoms with Crippen LogP contribution in [0.25, 0.3) is 0 Å². The van der Waals surface area contributed by atoms with Gasteiger partial charge in [0, 0.05) is 17.6 Å². The molecule has 0 bridgehead atoms. The highest BCUT2D eigenvalue weighted by Gasteiger charge is 2.30. The number of rotatable bonds is 3. The largest absolute Gasteiger partial charge is 0.511 e. The minimum atomic E-state index is -0.244. The molecule has 22 heavy (non-hydrogen) atoms. The molecule has 0 fully saturated rings. The van der Waals surface area contributed by atoms with Gasteiger partial charge in [-0.1, -0.05) is 32.9 Å². The van der Waals surface area contributed by atoms with E-state index in [0.717, 1.165) is 5.56 Å². The molecule has 1 aromatic rings. The molecule has 0 radical (unpaired) electrons. The zero-order chi connectivity index (χ0) is 16.5. The summed E-state index contributed by atoms with van der Waals surface area (Å²) in [5.41, 5.74) is 1.54. The van der Waals surface area contributed by atoms with Crippen molar-refractivity contribution < 1.29 is 9.90 Å². The van der Waals surface area contributed by atoms with Gasteiger partial charge in [0.25, 0.3) is 5.91 Å². The normalized spacial score (nSPS) is 20.6. The third-order valence-corrected chi connectivity index (χ3v) is 3.87. The minimum absolute atomic E-state index is 0.00826. The average Bonchev–Trinajstić information content (AvgIpc) is 2.68. The molecule has 0 spiro atoms. The first-order chi connectivity index (χ1) is 10.1. The summed E-state index contributed by atoms with van der Waals surface area (Å²) in [6.45, 7) is 10.7. The summed E-state index contributed by atoms with van der Waals surface area (Å²) in [4.78, 5) is 12.3. The summed E-state index contributed by atoms with van der Waals surface area (Å²) in [6.07, 6.45) is 1.78. The van der Waals surface area contributed by atoms with E-state index < -0.39 is 0 Å². The van der Waals surface area contributed by atoms with Gasteiger partial charge in [0.15, 0.2) is 0 Å². The number of hydrogen-bond donors (Lipinski definition) is 3. The molecule has 0 aliphatic carbocycles. The number of hydrogen-bond acceptors (Lipinski definition) is 3. The summed E-state index contributed by atoms with van der Waals surface area (Å²) in [5, 5.41) is 16.1. The second-order valence-electron chi connectivity index (χ2n) is 7.53. The quantitative estimate of drug-likeness (QED) is 0.804. The second kappa shape index (κ2) is 5.76. The number of amides is 1. The van der Waals surface area contributed by atoms with E-state index >= 15 is 0 Å². The molecular formula is C18H26N2O2. The van der Waals surface area contributed by atoms with Gasteiger partial charge in [-0.15, -0.1) is 0 Å². The van der Waals surface area contributed by atoms with Crippen LogP contribution in [0.5, 0.6) is 0 Å². The van der Waals surface area contributed by atoms with Gasteiger partial charge < -0.3 is 10.4 Å². The SMILES string of the molecule is CC1(C)C=C(O)[C@@H](CNC(=O)c2cccc(C(C)(C)C)c2)N1. The van der Waals surface area contributed by atoms with Crippen molar-refractivity contribution in [1.29, 1.82) is 0 Å². The highest BCUT2D eigenvalue weighted by atomic mass is 16.3. The first kappa shape index (κ1) is 16.6. The fraction of sp³-hybridized carbons (Fsp3) is 0.500. The van der Waals surface area contributed by atoms with Crippen molar-refractivity contribution in [1.82, 2.24) is 10.6 Å². The molecule has 1 heterocycles. The number of benzene rings is 1. The molecular weight excluding hydrogens is 276 g/mol. The maximum atomic E-state index is 12.3. The summed E-state index contributed by atoms with van der Waals surface area (Å²) in [7, 11) is 0. The predicted octanol–water partition coefficient (Wildman–Crippen LogP) is 2.91. The third kappa shape index (κ3) is 3.89. The summed E-state index contributed by atoms with van der Waals surface area (Å²) < 4.78 is 0. The number of carbonyl (C=O) groups excluding carboxylic acids is 1. The van der Waals surface area contributed by atoms with Crippen LogP contribution in [-0.4, -0.2) is 29.1 Å². The van der Waals surface area contributed by atoms with Crippen molar-refractivity contribution >= 4 is 5.91 Å². The molecule has 1 aliphatic heterocycles. The Kier molecular flexibility index (Phi) is 4.34. The molecule has 1 aromatic carbocycles. The van der Waals surface area contributed by atoms with Crippen LogP contribution in [0.15, 0.2) is 36.1 Å². The van der Waals surface area contributed by atoms with Gasteiger partial charge >= 0.3 is 0 Å². The molecule has 0 unspecified atom stereocenters. The van der Waals surface area contributed by atoms with Crippen LogP contribution in [0, 0.1) is 0 Å². The maximum absolute atomic E-state index is 12.3. The number of aliphatic hydroxyl groups is 1. The van der Waals surface area contributed by atoms with E-state index in [4.69, 9.17) is 0 Å². The Bertz CT molecular complexity index is 597. The molecule has 1 aliphatic rings. The number of nitrogens with one attached hydrogen (secondary N) is 2. The van der Waals surface area contributed by atoms with Crippen LogP contribution in [0.4, 0.5) is 0 Å². The van der Waals surface area contributed by atoms with Crippen LogP contribution < -0.4 is 10.6 Å². The maximum Gasteiger partial charge on any atom is 0.251 e. The van der Waals surface area contributed by atoms with Gasteiger partial charge in [-0.25, -0.2) is 0 Å². The molecule has 3 N–H and O–H groups in total. The predicted molar refractivity (Wildman–Crippen MR) is 89.2 cm³/mol. The molecule has 120 valence electrons. The van der Waals surface area contributed by atoms with Gasteiger partial charge in [-0.2, -0.15) is 0 Å². The monoisotopic (exact) mass is 302 g/mol. The number of aliphatic hydroxyl groups excluding tert-OH is 1.